The highest BCUT2D eigenvalue weighted by Crippen LogP contribution is 2.50. The molecule has 6 rings (SSSR count). The van der Waals surface area contributed by atoms with Crippen LogP contribution in [0, 0.1) is 5.41 Å². The summed E-state index contributed by atoms with van der Waals surface area (Å²) >= 11 is 0. The minimum absolute atomic E-state index is 0.00381. The van der Waals surface area contributed by atoms with Crippen molar-refractivity contribution in [2.45, 2.75) is 82.3 Å². The Bertz CT molecular complexity index is 1310. The van der Waals surface area contributed by atoms with E-state index in [4.69, 9.17) is 4.74 Å². The van der Waals surface area contributed by atoms with Gasteiger partial charge in [-0.15, -0.1) is 0 Å². The molecule has 2 bridgehead atoms. The lowest BCUT2D eigenvalue weighted by Crippen LogP contribution is -2.67. The summed E-state index contributed by atoms with van der Waals surface area (Å²) in [7, 11) is 0.334. The van der Waals surface area contributed by atoms with Gasteiger partial charge in [0.05, 0.1) is 56.1 Å². The number of rotatable bonds is 14. The molecular formula is C36H56N3O4S+. The van der Waals surface area contributed by atoms with Crippen molar-refractivity contribution >= 4 is 15.5 Å². The van der Waals surface area contributed by atoms with Gasteiger partial charge in [-0.05, 0) is 47.7 Å². The number of hydrogen-bond donors (Lipinski definition) is 1. The molecule has 7 nitrogen and oxygen atoms in total. The fraction of sp³-hybridized carbons (Fsp3) is 0.667. The lowest BCUT2D eigenvalue weighted by atomic mass is 9.68. The van der Waals surface area contributed by atoms with E-state index in [9.17, 15) is 13.5 Å². The van der Waals surface area contributed by atoms with Crippen molar-refractivity contribution in [2.75, 3.05) is 77.2 Å². The number of piperazine rings is 3. The summed E-state index contributed by atoms with van der Waals surface area (Å²) in [6.07, 6.45) is 5.43. The third-order valence-electron chi connectivity index (χ3n) is 10.9. The van der Waals surface area contributed by atoms with Gasteiger partial charge in [-0.25, -0.2) is 8.42 Å². The molecule has 8 heteroatoms. The van der Waals surface area contributed by atoms with Gasteiger partial charge in [-0.3, -0.25) is 4.90 Å². The monoisotopic (exact) mass is 626 g/mol. The zero-order valence-corrected chi connectivity index (χ0v) is 28.5. The maximum atomic E-state index is 14.1. The molecule has 3 fully saturated rings. The minimum Gasteiger partial charge on any atom is -0.392 e. The Hall–Kier alpha value is -1.97. The van der Waals surface area contributed by atoms with Gasteiger partial charge in [0.1, 0.15) is 0 Å². The van der Waals surface area contributed by atoms with E-state index in [1.165, 1.54) is 50.3 Å². The van der Waals surface area contributed by atoms with E-state index in [0.29, 0.717) is 29.9 Å². The molecule has 1 N–H and O–H groups in total. The van der Waals surface area contributed by atoms with Crippen molar-refractivity contribution in [3.63, 3.8) is 0 Å². The van der Waals surface area contributed by atoms with Crippen LogP contribution in [0.5, 0.6) is 0 Å². The molecule has 244 valence electrons. The first kappa shape index (κ1) is 33.4. The van der Waals surface area contributed by atoms with Gasteiger partial charge in [0, 0.05) is 57.2 Å². The standard InChI is InChI=1S/C36H56N3O4S/c1-5-7-16-36(17-8-6-2)28-44(41,42)33-15-14-31(37(3)4)26-32(33)34(35(36)40)30-12-10-29(11-13-30)27-43-25-9-21-39-22-18-38(19-23-39)20-24-39/h10-15,26,34-35,40H,5-9,16-25,27-28H2,1-4H3/q+1/t34-,35-/m1/s1. The molecule has 4 aliphatic rings. The molecule has 0 aromatic heterocycles. The molecule has 2 aromatic carbocycles. The first-order chi connectivity index (χ1) is 21.1. The summed E-state index contributed by atoms with van der Waals surface area (Å²) in [6, 6.07) is 14.0. The van der Waals surface area contributed by atoms with E-state index in [0.717, 1.165) is 55.5 Å². The Labute approximate surface area is 266 Å². The number of nitrogens with zero attached hydrogens (tertiary/aromatic N) is 3. The molecule has 44 heavy (non-hydrogen) atoms. The molecule has 0 spiro atoms. The van der Waals surface area contributed by atoms with Crippen LogP contribution in [0.2, 0.25) is 0 Å². The summed E-state index contributed by atoms with van der Waals surface area (Å²) < 4.78 is 35.5. The Morgan fingerprint density at radius 1 is 0.955 bits per heavy atom. The average Bonchev–Trinajstić information content (AvgIpc) is 3.10. The van der Waals surface area contributed by atoms with Crippen molar-refractivity contribution in [3.05, 3.63) is 59.2 Å². The Balaban J connectivity index is 1.37. The molecule has 2 aromatic rings. The van der Waals surface area contributed by atoms with Gasteiger partial charge in [-0.2, -0.15) is 0 Å². The Morgan fingerprint density at radius 3 is 2.18 bits per heavy atom. The lowest BCUT2D eigenvalue weighted by Gasteiger charge is -2.50. The second kappa shape index (κ2) is 14.2. The zero-order valence-electron chi connectivity index (χ0n) is 27.6. The van der Waals surface area contributed by atoms with E-state index in [2.05, 4.69) is 43.0 Å². The number of ether oxygens (including phenoxy) is 1. The summed E-state index contributed by atoms with van der Waals surface area (Å²) in [5, 5.41) is 12.4. The maximum Gasteiger partial charge on any atom is 0.179 e. The van der Waals surface area contributed by atoms with Gasteiger partial charge in [-0.1, -0.05) is 63.8 Å². The smallest absolute Gasteiger partial charge is 0.179 e. The zero-order chi connectivity index (χ0) is 31.4. The second-order valence-electron chi connectivity index (χ2n) is 14.1. The van der Waals surface area contributed by atoms with Crippen molar-refractivity contribution < 1.29 is 22.7 Å². The Morgan fingerprint density at radius 2 is 1.59 bits per heavy atom. The molecule has 0 saturated carbocycles. The van der Waals surface area contributed by atoms with Gasteiger partial charge in [0.15, 0.2) is 9.84 Å². The highest BCUT2D eigenvalue weighted by atomic mass is 32.2. The SMILES string of the molecule is CCCCC1(CCCC)CS(=O)(=O)c2ccc(N(C)C)cc2[C@@H](c2ccc(COCCC[N+]34CCN(CC3)CC4)cc2)[C@H]1O. The number of hydrogen-bond acceptors (Lipinski definition) is 6. The van der Waals surface area contributed by atoms with Crippen LogP contribution in [0.15, 0.2) is 47.4 Å². The van der Waals surface area contributed by atoms with Crippen molar-refractivity contribution in [2.24, 2.45) is 5.41 Å². The third-order valence-corrected chi connectivity index (χ3v) is 12.9. The lowest BCUT2D eigenvalue weighted by molar-refractivity contribution is -0.941. The summed E-state index contributed by atoms with van der Waals surface area (Å²) in [6.45, 7) is 14.4. The summed E-state index contributed by atoms with van der Waals surface area (Å²) in [5.41, 5.74) is 3.03. The molecule has 0 radical (unpaired) electrons. The van der Waals surface area contributed by atoms with Crippen LogP contribution in [-0.4, -0.2) is 101 Å². The summed E-state index contributed by atoms with van der Waals surface area (Å²) in [5.74, 6) is -0.430. The maximum absolute atomic E-state index is 14.1. The normalized spacial score (nSPS) is 27.1. The number of sulfone groups is 1. The van der Waals surface area contributed by atoms with E-state index in [1.807, 2.05) is 31.1 Å². The molecule has 4 aliphatic heterocycles. The van der Waals surface area contributed by atoms with Crippen LogP contribution in [0.4, 0.5) is 5.69 Å². The van der Waals surface area contributed by atoms with Gasteiger partial charge >= 0.3 is 0 Å². The van der Waals surface area contributed by atoms with E-state index < -0.39 is 27.3 Å². The van der Waals surface area contributed by atoms with Crippen LogP contribution in [0.3, 0.4) is 0 Å². The molecule has 2 atom stereocenters. The van der Waals surface area contributed by atoms with Crippen molar-refractivity contribution in [3.8, 4) is 0 Å². The van der Waals surface area contributed by atoms with Gasteiger partial charge < -0.3 is 19.2 Å². The van der Waals surface area contributed by atoms with Crippen molar-refractivity contribution in [1.29, 1.82) is 0 Å². The van der Waals surface area contributed by atoms with Crippen LogP contribution in [-0.2, 0) is 21.2 Å². The van der Waals surface area contributed by atoms with E-state index >= 15 is 0 Å². The molecule has 0 amide bonds. The highest BCUT2D eigenvalue weighted by molar-refractivity contribution is 7.91. The number of quaternary nitrogens is 1. The number of benzene rings is 2. The molecule has 0 unspecified atom stereocenters. The number of unbranched alkanes of at least 4 members (excludes halogenated alkanes) is 2. The topological polar surface area (TPSA) is 70.1 Å². The second-order valence-corrected chi connectivity index (χ2v) is 16.1. The average molecular weight is 627 g/mol. The van der Waals surface area contributed by atoms with E-state index in [-0.39, 0.29) is 5.75 Å². The predicted octanol–water partition coefficient (Wildman–Crippen LogP) is 5.45. The van der Waals surface area contributed by atoms with Crippen LogP contribution in [0.25, 0.3) is 0 Å². The molecule has 3 saturated heterocycles. The fourth-order valence-electron chi connectivity index (χ4n) is 7.97. The minimum atomic E-state index is -3.60. The van der Waals surface area contributed by atoms with Crippen LogP contribution < -0.4 is 4.90 Å². The highest BCUT2D eigenvalue weighted by Gasteiger charge is 2.49. The number of anilines is 1. The molecule has 4 heterocycles. The van der Waals surface area contributed by atoms with Crippen LogP contribution in [0.1, 0.15) is 81.4 Å². The van der Waals surface area contributed by atoms with Gasteiger partial charge in [0.2, 0.25) is 0 Å². The Kier molecular flexibility index (Phi) is 10.8. The van der Waals surface area contributed by atoms with E-state index in [1.54, 1.807) is 6.07 Å². The first-order valence-corrected chi connectivity index (χ1v) is 18.7. The predicted molar refractivity (Wildman–Crippen MR) is 179 cm³/mol. The number of fused-ring (bicyclic) bond motifs is 4. The third kappa shape index (κ3) is 7.20. The van der Waals surface area contributed by atoms with Crippen LogP contribution >= 0.6 is 0 Å². The fourth-order valence-corrected chi connectivity index (χ4v) is 10.2. The number of aliphatic hydroxyl groups is 1. The first-order valence-electron chi connectivity index (χ1n) is 17.1. The quantitative estimate of drug-likeness (QED) is 0.222. The van der Waals surface area contributed by atoms with Gasteiger partial charge in [0.25, 0.3) is 0 Å². The number of aliphatic hydroxyl groups excluding tert-OH is 1. The molecule has 0 aliphatic carbocycles. The summed E-state index contributed by atoms with van der Waals surface area (Å²) in [4.78, 5) is 4.96. The molecular weight excluding hydrogens is 570 g/mol. The largest absolute Gasteiger partial charge is 0.392 e. The van der Waals surface area contributed by atoms with Crippen molar-refractivity contribution in [1.82, 2.24) is 4.90 Å².